The molecule has 0 radical (unpaired) electrons. The summed E-state index contributed by atoms with van der Waals surface area (Å²) in [6.45, 7) is 4.40. The normalized spacial score (nSPS) is 11.0. The van der Waals surface area contributed by atoms with Gasteiger partial charge in [-0.1, -0.05) is 74.7 Å². The second-order valence-corrected chi connectivity index (χ2v) is 10.2. The van der Waals surface area contributed by atoms with E-state index in [0.717, 1.165) is 38.6 Å². The number of aromatic nitrogens is 1. The molecule has 3 heteroatoms. The summed E-state index contributed by atoms with van der Waals surface area (Å²) in [4.78, 5) is 0. The van der Waals surface area contributed by atoms with Gasteiger partial charge in [-0.05, 0) is 85.6 Å². The minimum atomic E-state index is 0.973. The van der Waals surface area contributed by atoms with Crippen molar-refractivity contribution in [1.82, 2.24) is 4.57 Å². The Kier molecular flexibility index (Phi) is 6.15. The molecule has 0 atom stereocenters. The van der Waals surface area contributed by atoms with E-state index in [1.165, 1.54) is 32.9 Å². The van der Waals surface area contributed by atoms with Gasteiger partial charge in [0.15, 0.2) is 0 Å². The van der Waals surface area contributed by atoms with E-state index >= 15 is 0 Å². The van der Waals surface area contributed by atoms with Crippen molar-refractivity contribution in [3.05, 3.63) is 110 Å². The van der Waals surface area contributed by atoms with E-state index in [-0.39, 0.29) is 0 Å². The van der Waals surface area contributed by atoms with Crippen LogP contribution in [0.2, 0.25) is 0 Å². The monoisotopic (exact) mass is 555 g/mol. The maximum atomic E-state index is 3.53. The summed E-state index contributed by atoms with van der Waals surface area (Å²) >= 11 is 7.05. The van der Waals surface area contributed by atoms with Gasteiger partial charge in [-0.3, -0.25) is 0 Å². The summed E-state index contributed by atoms with van der Waals surface area (Å²) in [5.41, 5.74) is 8.29. The minimum absolute atomic E-state index is 0.973. The fourth-order valence-electron chi connectivity index (χ4n) is 4.37. The predicted octanol–water partition coefficient (Wildman–Crippen LogP) is 8.97. The molecule has 0 aliphatic carbocycles. The van der Waals surface area contributed by atoms with Crippen molar-refractivity contribution >= 4 is 53.7 Å². The molecule has 5 rings (SSSR count). The molecule has 162 valence electrons. The Balaban J connectivity index is 1.58. The number of hydrogen-bond acceptors (Lipinski definition) is 0. The van der Waals surface area contributed by atoms with E-state index < -0.39 is 0 Å². The Morgan fingerprint density at radius 2 is 1.33 bits per heavy atom. The third kappa shape index (κ3) is 4.51. The quantitative estimate of drug-likeness (QED) is 0.195. The van der Waals surface area contributed by atoms with Crippen LogP contribution < -0.4 is 0 Å². The lowest BCUT2D eigenvalue weighted by Gasteiger charge is -2.08. The molecule has 0 saturated heterocycles. The van der Waals surface area contributed by atoms with Crippen molar-refractivity contribution in [2.45, 2.75) is 26.7 Å². The zero-order chi connectivity index (χ0) is 22.9. The average molecular weight is 557 g/mol. The van der Waals surface area contributed by atoms with Crippen LogP contribution in [0.5, 0.6) is 0 Å². The fourth-order valence-corrected chi connectivity index (χ4v) is 5.66. The molecule has 0 aliphatic rings. The van der Waals surface area contributed by atoms with Crippen LogP contribution in [0, 0.1) is 18.8 Å². The Morgan fingerprint density at radius 1 is 0.697 bits per heavy atom. The van der Waals surface area contributed by atoms with E-state index in [1.807, 2.05) is 18.2 Å². The standard InChI is InChI=1S/C30H23Br2N/c1-3-4-22-10-14-30-28(18-22)27-15-20(2)5-13-29(27)33(30)26-11-8-21(9-12-26)6-7-23-16-24(31)19-25(32)17-23/h5,8-19H,3-4H2,1-2H3. The van der Waals surface area contributed by atoms with Gasteiger partial charge in [0.05, 0.1) is 11.0 Å². The molecular weight excluding hydrogens is 534 g/mol. The first-order valence-electron chi connectivity index (χ1n) is 11.1. The Bertz CT molecular complexity index is 1530. The first kappa shape index (κ1) is 22.0. The van der Waals surface area contributed by atoms with Crippen molar-refractivity contribution in [3.63, 3.8) is 0 Å². The third-order valence-corrected chi connectivity index (χ3v) is 6.78. The Hall–Kier alpha value is -2.80. The lowest BCUT2D eigenvalue weighted by atomic mass is 10.1. The summed E-state index contributed by atoms with van der Waals surface area (Å²) in [5, 5.41) is 2.64. The van der Waals surface area contributed by atoms with Crippen molar-refractivity contribution in [2.24, 2.45) is 0 Å². The van der Waals surface area contributed by atoms with E-state index in [4.69, 9.17) is 0 Å². The van der Waals surface area contributed by atoms with Gasteiger partial charge in [-0.2, -0.15) is 0 Å². The van der Waals surface area contributed by atoms with Crippen molar-refractivity contribution < 1.29 is 0 Å². The molecule has 0 unspecified atom stereocenters. The van der Waals surface area contributed by atoms with E-state index in [2.05, 4.69) is 123 Å². The number of hydrogen-bond donors (Lipinski definition) is 0. The molecule has 1 nitrogen and oxygen atoms in total. The van der Waals surface area contributed by atoms with Gasteiger partial charge in [-0.25, -0.2) is 0 Å². The SMILES string of the molecule is CCCc1ccc2c(c1)c1cc(C)ccc1n2-c1ccc(C#Cc2cc(Br)cc(Br)c2)cc1. The summed E-state index contributed by atoms with van der Waals surface area (Å²) in [5.74, 6) is 6.55. The first-order chi connectivity index (χ1) is 16.0. The lowest BCUT2D eigenvalue weighted by Crippen LogP contribution is -1.94. The third-order valence-electron chi connectivity index (χ3n) is 5.86. The fraction of sp³-hybridized carbons (Fsp3) is 0.133. The maximum Gasteiger partial charge on any atom is 0.0541 e. The Labute approximate surface area is 211 Å². The number of aryl methyl sites for hydroxylation is 2. The highest BCUT2D eigenvalue weighted by Crippen LogP contribution is 2.33. The highest BCUT2D eigenvalue weighted by Gasteiger charge is 2.13. The van der Waals surface area contributed by atoms with Crippen LogP contribution in [0.3, 0.4) is 0 Å². The van der Waals surface area contributed by atoms with Crippen LogP contribution in [0.1, 0.15) is 35.6 Å². The van der Waals surface area contributed by atoms with Gasteiger partial charge in [-0.15, -0.1) is 0 Å². The van der Waals surface area contributed by atoms with Gasteiger partial charge in [0, 0.05) is 36.5 Å². The molecule has 0 bridgehead atoms. The first-order valence-corrected chi connectivity index (χ1v) is 12.7. The van der Waals surface area contributed by atoms with E-state index in [0.29, 0.717) is 0 Å². The van der Waals surface area contributed by atoms with E-state index in [9.17, 15) is 0 Å². The van der Waals surface area contributed by atoms with Crippen LogP contribution in [-0.2, 0) is 6.42 Å². The maximum absolute atomic E-state index is 3.53. The highest BCUT2D eigenvalue weighted by atomic mass is 79.9. The largest absolute Gasteiger partial charge is 0.309 e. The Morgan fingerprint density at radius 3 is 2.03 bits per heavy atom. The molecule has 4 aromatic carbocycles. The van der Waals surface area contributed by atoms with Crippen LogP contribution in [-0.4, -0.2) is 4.57 Å². The molecule has 0 fully saturated rings. The molecule has 5 aromatic rings. The van der Waals surface area contributed by atoms with Crippen LogP contribution in [0.4, 0.5) is 0 Å². The number of fused-ring (bicyclic) bond motifs is 3. The number of benzene rings is 4. The van der Waals surface area contributed by atoms with Crippen LogP contribution in [0.25, 0.3) is 27.5 Å². The molecule has 0 aliphatic heterocycles. The van der Waals surface area contributed by atoms with Crippen LogP contribution in [0.15, 0.2) is 87.8 Å². The minimum Gasteiger partial charge on any atom is -0.309 e. The molecule has 1 heterocycles. The zero-order valence-corrected chi connectivity index (χ0v) is 21.8. The molecule has 33 heavy (non-hydrogen) atoms. The molecule has 0 amide bonds. The summed E-state index contributed by atoms with van der Waals surface area (Å²) in [6, 6.07) is 28.3. The van der Waals surface area contributed by atoms with Crippen molar-refractivity contribution in [2.75, 3.05) is 0 Å². The van der Waals surface area contributed by atoms with Gasteiger partial charge >= 0.3 is 0 Å². The van der Waals surface area contributed by atoms with Crippen molar-refractivity contribution in [1.29, 1.82) is 0 Å². The number of nitrogens with zero attached hydrogens (tertiary/aromatic N) is 1. The summed E-state index contributed by atoms with van der Waals surface area (Å²) < 4.78 is 4.39. The van der Waals surface area contributed by atoms with Gasteiger partial charge in [0.2, 0.25) is 0 Å². The smallest absolute Gasteiger partial charge is 0.0541 e. The molecule has 1 aromatic heterocycles. The number of halogens is 2. The highest BCUT2D eigenvalue weighted by molar-refractivity contribution is 9.11. The molecular formula is C30H23Br2N. The molecule has 0 N–H and O–H groups in total. The average Bonchev–Trinajstić information content (AvgIpc) is 3.11. The summed E-state index contributed by atoms with van der Waals surface area (Å²) in [7, 11) is 0. The second-order valence-electron chi connectivity index (χ2n) is 8.41. The predicted molar refractivity (Wildman–Crippen MR) is 147 cm³/mol. The van der Waals surface area contributed by atoms with Crippen LogP contribution >= 0.6 is 31.9 Å². The molecule has 0 spiro atoms. The zero-order valence-electron chi connectivity index (χ0n) is 18.6. The second kappa shape index (κ2) is 9.21. The summed E-state index contributed by atoms with van der Waals surface area (Å²) in [6.07, 6.45) is 2.26. The lowest BCUT2D eigenvalue weighted by molar-refractivity contribution is 0.923. The van der Waals surface area contributed by atoms with Gasteiger partial charge in [0.25, 0.3) is 0 Å². The number of rotatable bonds is 3. The van der Waals surface area contributed by atoms with Crippen molar-refractivity contribution in [3.8, 4) is 17.5 Å². The topological polar surface area (TPSA) is 4.93 Å². The van der Waals surface area contributed by atoms with E-state index in [1.54, 1.807) is 0 Å². The van der Waals surface area contributed by atoms with Gasteiger partial charge < -0.3 is 4.57 Å². The van der Waals surface area contributed by atoms with Gasteiger partial charge in [0.1, 0.15) is 0 Å². The molecule has 0 saturated carbocycles.